The molecule has 0 atom stereocenters. The molecule has 0 saturated carbocycles. The smallest absolute Gasteiger partial charge is 0.279 e. The zero-order valence-electron chi connectivity index (χ0n) is 14.0. The lowest BCUT2D eigenvalue weighted by atomic mass is 10.1. The fourth-order valence-electron chi connectivity index (χ4n) is 3.04. The lowest BCUT2D eigenvalue weighted by molar-refractivity contribution is 0.0913. The number of nitrogens with one attached hydrogen (secondary N) is 5. The molecule has 26 heavy (non-hydrogen) atoms. The summed E-state index contributed by atoms with van der Waals surface area (Å²) in [5, 5.41) is 8.85. The van der Waals surface area contributed by atoms with Crippen molar-refractivity contribution in [3.63, 3.8) is 0 Å². The number of aromatic nitrogens is 4. The fraction of sp³-hybridized carbons (Fsp3) is 0.294. The van der Waals surface area contributed by atoms with Crippen LogP contribution in [0.15, 0.2) is 30.6 Å². The third-order valence-electron chi connectivity index (χ3n) is 4.38. The van der Waals surface area contributed by atoms with Gasteiger partial charge in [-0.05, 0) is 38.1 Å². The quantitative estimate of drug-likeness (QED) is 0.478. The van der Waals surface area contributed by atoms with E-state index in [-0.39, 0.29) is 23.3 Å². The van der Waals surface area contributed by atoms with Gasteiger partial charge in [-0.15, -0.1) is 0 Å². The molecule has 1 saturated heterocycles. The van der Waals surface area contributed by atoms with Crippen LogP contribution >= 0.6 is 0 Å². The van der Waals surface area contributed by atoms with Crippen molar-refractivity contribution in [2.75, 3.05) is 18.4 Å². The molecule has 0 aliphatic carbocycles. The van der Waals surface area contributed by atoms with Crippen LogP contribution in [0.2, 0.25) is 0 Å². The standard InChI is InChI=1S/C17H19N7O2/c25-15(21-10-5-7-18-8-6-10)13-14(20-9-19-13)16(26)24-17-22-11-3-1-2-4-12(11)23-17/h1-4,9-10,18H,5-8H2,(H,19,20)(H,21,25)(H2,22,23,24,26). The van der Waals surface area contributed by atoms with E-state index in [4.69, 9.17) is 0 Å². The van der Waals surface area contributed by atoms with Crippen molar-refractivity contribution in [2.24, 2.45) is 0 Å². The first-order valence-corrected chi connectivity index (χ1v) is 8.52. The first kappa shape index (κ1) is 16.3. The molecule has 2 aromatic heterocycles. The summed E-state index contributed by atoms with van der Waals surface area (Å²) in [6.45, 7) is 1.74. The first-order valence-electron chi connectivity index (χ1n) is 8.52. The maximum Gasteiger partial charge on any atom is 0.279 e. The van der Waals surface area contributed by atoms with Gasteiger partial charge in [0.15, 0.2) is 5.69 Å². The van der Waals surface area contributed by atoms with E-state index in [0.717, 1.165) is 37.0 Å². The van der Waals surface area contributed by atoms with E-state index in [1.807, 2.05) is 24.3 Å². The number of amides is 2. The Hall–Kier alpha value is -3.20. The number of anilines is 1. The molecule has 0 unspecified atom stereocenters. The van der Waals surface area contributed by atoms with E-state index < -0.39 is 5.91 Å². The number of para-hydroxylation sites is 2. The maximum absolute atomic E-state index is 12.5. The topological polar surface area (TPSA) is 128 Å². The van der Waals surface area contributed by atoms with E-state index in [2.05, 4.69) is 35.9 Å². The van der Waals surface area contributed by atoms with Crippen molar-refractivity contribution in [1.82, 2.24) is 30.6 Å². The molecule has 134 valence electrons. The minimum atomic E-state index is -0.499. The number of carbonyl (C=O) groups is 2. The summed E-state index contributed by atoms with van der Waals surface area (Å²) in [4.78, 5) is 39.1. The highest BCUT2D eigenvalue weighted by Gasteiger charge is 2.24. The fourth-order valence-corrected chi connectivity index (χ4v) is 3.04. The normalized spacial score (nSPS) is 15.1. The molecule has 5 N–H and O–H groups in total. The maximum atomic E-state index is 12.5. The summed E-state index contributed by atoms with van der Waals surface area (Å²) < 4.78 is 0. The van der Waals surface area contributed by atoms with Gasteiger partial charge < -0.3 is 20.6 Å². The molecule has 9 heteroatoms. The van der Waals surface area contributed by atoms with Crippen molar-refractivity contribution in [2.45, 2.75) is 18.9 Å². The molecular formula is C17H19N7O2. The molecule has 3 aromatic rings. The van der Waals surface area contributed by atoms with Crippen LogP contribution in [0, 0.1) is 0 Å². The van der Waals surface area contributed by atoms with Crippen LogP contribution in [0.3, 0.4) is 0 Å². The van der Waals surface area contributed by atoms with E-state index in [9.17, 15) is 9.59 Å². The predicted molar refractivity (Wildman–Crippen MR) is 96.0 cm³/mol. The third-order valence-corrected chi connectivity index (χ3v) is 4.38. The minimum absolute atomic E-state index is 0.0388. The lowest BCUT2D eigenvalue weighted by Gasteiger charge is -2.23. The molecule has 1 aromatic carbocycles. The van der Waals surface area contributed by atoms with Gasteiger partial charge in [-0.25, -0.2) is 9.97 Å². The van der Waals surface area contributed by atoms with Gasteiger partial charge in [0.2, 0.25) is 5.95 Å². The summed E-state index contributed by atoms with van der Waals surface area (Å²) in [6.07, 6.45) is 3.06. The van der Waals surface area contributed by atoms with Crippen LogP contribution in [-0.4, -0.2) is 50.9 Å². The highest BCUT2D eigenvalue weighted by atomic mass is 16.2. The van der Waals surface area contributed by atoms with Gasteiger partial charge in [-0.2, -0.15) is 0 Å². The Labute approximate surface area is 149 Å². The minimum Gasteiger partial charge on any atom is -0.348 e. The Kier molecular flexibility index (Phi) is 4.36. The number of hydrogen-bond acceptors (Lipinski definition) is 5. The monoisotopic (exact) mass is 353 g/mol. The molecule has 2 amide bonds. The molecule has 1 aliphatic rings. The van der Waals surface area contributed by atoms with Crippen molar-refractivity contribution in [3.8, 4) is 0 Å². The number of benzene rings is 1. The summed E-state index contributed by atoms with van der Waals surface area (Å²) in [7, 11) is 0. The van der Waals surface area contributed by atoms with Crippen LogP contribution < -0.4 is 16.0 Å². The Morgan fingerprint density at radius 3 is 2.73 bits per heavy atom. The zero-order valence-corrected chi connectivity index (χ0v) is 14.0. The number of imidazole rings is 2. The Morgan fingerprint density at radius 1 is 1.12 bits per heavy atom. The summed E-state index contributed by atoms with van der Waals surface area (Å²) >= 11 is 0. The average Bonchev–Trinajstić information content (AvgIpc) is 3.29. The van der Waals surface area contributed by atoms with Gasteiger partial charge in [-0.1, -0.05) is 12.1 Å². The van der Waals surface area contributed by atoms with Crippen LogP contribution in [0.1, 0.15) is 33.8 Å². The number of carbonyl (C=O) groups excluding carboxylic acids is 2. The summed E-state index contributed by atoms with van der Waals surface area (Å²) in [5.74, 6) is -0.520. The number of H-pyrrole nitrogens is 2. The third kappa shape index (κ3) is 3.29. The number of rotatable bonds is 4. The first-order chi connectivity index (χ1) is 12.7. The summed E-state index contributed by atoms with van der Waals surface area (Å²) in [5.41, 5.74) is 1.75. The molecule has 0 radical (unpaired) electrons. The van der Waals surface area contributed by atoms with E-state index >= 15 is 0 Å². The highest BCUT2D eigenvalue weighted by Crippen LogP contribution is 2.14. The molecule has 4 rings (SSSR count). The van der Waals surface area contributed by atoms with Gasteiger partial charge >= 0.3 is 0 Å². The summed E-state index contributed by atoms with van der Waals surface area (Å²) in [6, 6.07) is 7.55. The number of nitrogens with zero attached hydrogens (tertiary/aromatic N) is 2. The van der Waals surface area contributed by atoms with Crippen molar-refractivity contribution in [3.05, 3.63) is 42.0 Å². The van der Waals surface area contributed by atoms with Crippen LogP contribution in [0.25, 0.3) is 11.0 Å². The van der Waals surface area contributed by atoms with Gasteiger partial charge in [0.25, 0.3) is 11.8 Å². The molecule has 1 fully saturated rings. The van der Waals surface area contributed by atoms with E-state index in [1.54, 1.807) is 0 Å². The van der Waals surface area contributed by atoms with Crippen LogP contribution in [0.4, 0.5) is 5.95 Å². The van der Waals surface area contributed by atoms with E-state index in [1.165, 1.54) is 6.33 Å². The SMILES string of the molecule is O=C(Nc1nc2ccccc2[nH]1)c1nc[nH]c1C(=O)NC1CCNCC1. The van der Waals surface area contributed by atoms with Crippen LogP contribution in [-0.2, 0) is 0 Å². The molecule has 9 nitrogen and oxygen atoms in total. The van der Waals surface area contributed by atoms with Gasteiger partial charge in [0.05, 0.1) is 17.4 Å². The molecule has 0 spiro atoms. The largest absolute Gasteiger partial charge is 0.348 e. The molecule has 0 bridgehead atoms. The Morgan fingerprint density at radius 2 is 1.92 bits per heavy atom. The van der Waals surface area contributed by atoms with Crippen molar-refractivity contribution >= 4 is 28.8 Å². The molecule has 1 aliphatic heterocycles. The molecule has 3 heterocycles. The van der Waals surface area contributed by atoms with Crippen molar-refractivity contribution in [1.29, 1.82) is 0 Å². The molecular weight excluding hydrogens is 334 g/mol. The van der Waals surface area contributed by atoms with E-state index in [0.29, 0.717) is 5.95 Å². The number of hydrogen-bond donors (Lipinski definition) is 5. The average molecular weight is 353 g/mol. The lowest BCUT2D eigenvalue weighted by Crippen LogP contribution is -2.43. The van der Waals surface area contributed by atoms with Gasteiger partial charge in [0.1, 0.15) is 5.69 Å². The predicted octanol–water partition coefficient (Wildman–Crippen LogP) is 1.02. The van der Waals surface area contributed by atoms with Gasteiger partial charge in [-0.3, -0.25) is 14.9 Å². The van der Waals surface area contributed by atoms with Gasteiger partial charge in [0, 0.05) is 6.04 Å². The second-order valence-electron chi connectivity index (χ2n) is 6.18. The van der Waals surface area contributed by atoms with Crippen molar-refractivity contribution < 1.29 is 9.59 Å². The van der Waals surface area contributed by atoms with Crippen LogP contribution in [0.5, 0.6) is 0 Å². The number of aromatic amines is 2. The Bertz CT molecular complexity index is 906. The second kappa shape index (κ2) is 6.96. The second-order valence-corrected chi connectivity index (χ2v) is 6.18. The number of fused-ring (bicyclic) bond motifs is 1. The zero-order chi connectivity index (χ0) is 17.9. The highest BCUT2D eigenvalue weighted by molar-refractivity contribution is 6.09. The number of piperidine rings is 1. The Balaban J connectivity index is 1.48.